The monoisotopic (exact) mass is 293 g/mol. The summed E-state index contributed by atoms with van der Waals surface area (Å²) in [5.41, 5.74) is 0. The lowest BCUT2D eigenvalue weighted by Gasteiger charge is -2.23. The van der Waals surface area contributed by atoms with Crippen LogP contribution in [0.3, 0.4) is 0 Å². The molecule has 3 rings (SSSR count). The van der Waals surface area contributed by atoms with Crippen molar-refractivity contribution in [3.8, 4) is 0 Å². The second-order valence-corrected chi connectivity index (χ2v) is 5.91. The molecule has 0 radical (unpaired) electrons. The van der Waals surface area contributed by atoms with Crippen LogP contribution in [0, 0.1) is 0 Å². The molecule has 2 N–H and O–H groups in total. The zero-order valence-corrected chi connectivity index (χ0v) is 12.5. The molecule has 3 heterocycles. The molecule has 7 heteroatoms. The molecule has 0 aromatic carbocycles. The van der Waals surface area contributed by atoms with Crippen molar-refractivity contribution in [2.75, 3.05) is 26.2 Å². The summed E-state index contributed by atoms with van der Waals surface area (Å²) < 4.78 is 5.18. The standard InChI is InChI=1S/C14H23N5O2/c1-10(19-7-2-3-8-19)9-16-13(20)12-17-14(21-18-12)11-5-4-6-15-11/h10-11,15H,2-9H2,1H3,(H,16,20). The van der Waals surface area contributed by atoms with E-state index in [9.17, 15) is 4.79 Å². The molecule has 1 aromatic heterocycles. The van der Waals surface area contributed by atoms with Crippen LogP contribution in [-0.4, -0.2) is 53.2 Å². The van der Waals surface area contributed by atoms with E-state index < -0.39 is 0 Å². The van der Waals surface area contributed by atoms with Gasteiger partial charge in [-0.3, -0.25) is 9.69 Å². The normalized spacial score (nSPS) is 24.3. The number of amides is 1. The number of nitrogens with one attached hydrogen (secondary N) is 2. The third-order valence-corrected chi connectivity index (χ3v) is 4.33. The molecule has 0 bridgehead atoms. The summed E-state index contributed by atoms with van der Waals surface area (Å²) in [4.78, 5) is 18.7. The van der Waals surface area contributed by atoms with Gasteiger partial charge in [0.05, 0.1) is 6.04 Å². The van der Waals surface area contributed by atoms with Crippen LogP contribution in [0.4, 0.5) is 0 Å². The number of aromatic nitrogens is 2. The molecule has 2 fully saturated rings. The van der Waals surface area contributed by atoms with E-state index in [0.717, 1.165) is 32.5 Å². The largest absolute Gasteiger partial charge is 0.348 e. The van der Waals surface area contributed by atoms with Crippen molar-refractivity contribution in [1.29, 1.82) is 0 Å². The summed E-state index contributed by atoms with van der Waals surface area (Å²) in [6.07, 6.45) is 4.58. The SMILES string of the molecule is CC(CNC(=O)c1noc(C2CCCN2)n1)N1CCCC1. The van der Waals surface area contributed by atoms with Crippen molar-refractivity contribution in [1.82, 2.24) is 25.7 Å². The van der Waals surface area contributed by atoms with Gasteiger partial charge in [-0.2, -0.15) is 4.98 Å². The quantitative estimate of drug-likeness (QED) is 0.832. The minimum Gasteiger partial charge on any atom is -0.348 e. The highest BCUT2D eigenvalue weighted by Gasteiger charge is 2.25. The first-order valence-electron chi connectivity index (χ1n) is 7.83. The highest BCUT2D eigenvalue weighted by Crippen LogP contribution is 2.21. The van der Waals surface area contributed by atoms with Gasteiger partial charge in [-0.25, -0.2) is 0 Å². The molecule has 1 amide bonds. The number of hydrogen-bond donors (Lipinski definition) is 2. The number of rotatable bonds is 5. The molecule has 116 valence electrons. The number of hydrogen-bond acceptors (Lipinski definition) is 6. The lowest BCUT2D eigenvalue weighted by Crippen LogP contribution is -2.40. The predicted octanol–water partition coefficient (Wildman–Crippen LogP) is 0.708. The van der Waals surface area contributed by atoms with Crippen molar-refractivity contribution < 1.29 is 9.32 Å². The molecule has 2 aliphatic heterocycles. The highest BCUT2D eigenvalue weighted by molar-refractivity contribution is 5.90. The zero-order chi connectivity index (χ0) is 14.7. The Bertz CT molecular complexity index is 477. The van der Waals surface area contributed by atoms with E-state index in [1.165, 1.54) is 12.8 Å². The third-order valence-electron chi connectivity index (χ3n) is 4.33. The van der Waals surface area contributed by atoms with Gasteiger partial charge < -0.3 is 15.2 Å². The van der Waals surface area contributed by atoms with E-state index in [2.05, 4.69) is 32.6 Å². The maximum absolute atomic E-state index is 12.1. The number of carbonyl (C=O) groups excluding carboxylic acids is 1. The van der Waals surface area contributed by atoms with E-state index >= 15 is 0 Å². The molecule has 2 saturated heterocycles. The van der Waals surface area contributed by atoms with Gasteiger partial charge in [0, 0.05) is 12.6 Å². The molecule has 2 aliphatic rings. The van der Waals surface area contributed by atoms with Crippen LogP contribution in [0.5, 0.6) is 0 Å². The summed E-state index contributed by atoms with van der Waals surface area (Å²) >= 11 is 0. The minimum atomic E-state index is -0.256. The highest BCUT2D eigenvalue weighted by atomic mass is 16.5. The second-order valence-electron chi connectivity index (χ2n) is 5.91. The van der Waals surface area contributed by atoms with E-state index in [0.29, 0.717) is 18.5 Å². The molecule has 0 spiro atoms. The van der Waals surface area contributed by atoms with Gasteiger partial charge in [-0.1, -0.05) is 5.16 Å². The van der Waals surface area contributed by atoms with Crippen LogP contribution in [0.25, 0.3) is 0 Å². The molecule has 21 heavy (non-hydrogen) atoms. The average Bonchev–Trinajstić information content (AvgIpc) is 3.25. The van der Waals surface area contributed by atoms with Crippen LogP contribution < -0.4 is 10.6 Å². The van der Waals surface area contributed by atoms with E-state index in [1.807, 2.05) is 0 Å². The van der Waals surface area contributed by atoms with Crippen molar-refractivity contribution in [3.05, 3.63) is 11.7 Å². The zero-order valence-electron chi connectivity index (χ0n) is 12.5. The lowest BCUT2D eigenvalue weighted by atomic mass is 10.2. The molecular weight excluding hydrogens is 270 g/mol. The first-order valence-corrected chi connectivity index (χ1v) is 7.83. The summed E-state index contributed by atoms with van der Waals surface area (Å²) in [5, 5.41) is 9.96. The number of likely N-dealkylation sites (tertiary alicyclic amines) is 1. The Morgan fingerprint density at radius 1 is 1.48 bits per heavy atom. The average molecular weight is 293 g/mol. The maximum Gasteiger partial charge on any atom is 0.292 e. The first kappa shape index (κ1) is 14.5. The Labute approximate surface area is 124 Å². The Morgan fingerprint density at radius 2 is 2.29 bits per heavy atom. The Kier molecular flexibility index (Phi) is 4.50. The van der Waals surface area contributed by atoms with Gasteiger partial charge >= 0.3 is 0 Å². The summed E-state index contributed by atoms with van der Waals surface area (Å²) in [5.74, 6) is 0.395. The second kappa shape index (κ2) is 6.53. The third kappa shape index (κ3) is 3.41. The van der Waals surface area contributed by atoms with Crippen molar-refractivity contribution in [2.24, 2.45) is 0 Å². The number of carbonyl (C=O) groups is 1. The van der Waals surface area contributed by atoms with Gasteiger partial charge in [-0.05, 0) is 52.2 Å². The topological polar surface area (TPSA) is 83.3 Å². The summed E-state index contributed by atoms with van der Waals surface area (Å²) in [6.45, 7) is 5.95. The Morgan fingerprint density at radius 3 is 3.00 bits per heavy atom. The molecule has 7 nitrogen and oxygen atoms in total. The Balaban J connectivity index is 1.50. The van der Waals surface area contributed by atoms with Crippen LogP contribution >= 0.6 is 0 Å². The van der Waals surface area contributed by atoms with E-state index in [-0.39, 0.29) is 17.8 Å². The molecule has 1 aromatic rings. The number of nitrogens with zero attached hydrogens (tertiary/aromatic N) is 3. The fraction of sp³-hybridized carbons (Fsp3) is 0.786. The smallest absolute Gasteiger partial charge is 0.292 e. The molecular formula is C14H23N5O2. The van der Waals surface area contributed by atoms with Crippen molar-refractivity contribution >= 4 is 5.91 Å². The predicted molar refractivity (Wildman–Crippen MR) is 76.9 cm³/mol. The molecule has 0 aliphatic carbocycles. The van der Waals surface area contributed by atoms with Crippen LogP contribution in [0.1, 0.15) is 55.2 Å². The van der Waals surface area contributed by atoms with Crippen LogP contribution in [-0.2, 0) is 0 Å². The van der Waals surface area contributed by atoms with Crippen molar-refractivity contribution in [2.45, 2.75) is 44.7 Å². The maximum atomic E-state index is 12.1. The molecule has 2 atom stereocenters. The van der Waals surface area contributed by atoms with E-state index in [1.54, 1.807) is 0 Å². The van der Waals surface area contributed by atoms with Gasteiger partial charge in [0.15, 0.2) is 0 Å². The molecule has 0 saturated carbocycles. The van der Waals surface area contributed by atoms with Gasteiger partial charge in [0.2, 0.25) is 5.89 Å². The van der Waals surface area contributed by atoms with Crippen LogP contribution in [0.15, 0.2) is 4.52 Å². The van der Waals surface area contributed by atoms with Gasteiger partial charge in [0.25, 0.3) is 11.7 Å². The molecule has 2 unspecified atom stereocenters. The van der Waals surface area contributed by atoms with E-state index in [4.69, 9.17) is 4.52 Å². The summed E-state index contributed by atoms with van der Waals surface area (Å²) in [7, 11) is 0. The van der Waals surface area contributed by atoms with Crippen molar-refractivity contribution in [3.63, 3.8) is 0 Å². The van der Waals surface area contributed by atoms with Gasteiger partial charge in [-0.15, -0.1) is 0 Å². The first-order chi connectivity index (χ1) is 10.2. The summed E-state index contributed by atoms with van der Waals surface area (Å²) in [6, 6.07) is 0.446. The van der Waals surface area contributed by atoms with Crippen LogP contribution in [0.2, 0.25) is 0 Å². The van der Waals surface area contributed by atoms with Gasteiger partial charge in [0.1, 0.15) is 0 Å². The minimum absolute atomic E-state index is 0.0996. The fourth-order valence-electron chi connectivity index (χ4n) is 3.00. The Hall–Kier alpha value is -1.47. The lowest BCUT2D eigenvalue weighted by molar-refractivity contribution is 0.0927. The fourth-order valence-corrected chi connectivity index (χ4v) is 3.00.